The fourth-order valence-corrected chi connectivity index (χ4v) is 5.13. The Hall–Kier alpha value is -3.65. The van der Waals surface area contributed by atoms with Crippen molar-refractivity contribution in [1.29, 1.82) is 5.26 Å². The third kappa shape index (κ3) is 5.71. The van der Waals surface area contributed by atoms with E-state index < -0.39 is 17.8 Å². The van der Waals surface area contributed by atoms with Crippen LogP contribution in [0.2, 0.25) is 0 Å². The number of hydrogen-bond donors (Lipinski definition) is 3. The van der Waals surface area contributed by atoms with Crippen molar-refractivity contribution >= 4 is 23.5 Å². The number of carbonyl (C=O) groups excluding carboxylic acids is 1. The number of hydrogen-bond acceptors (Lipinski definition) is 6. The van der Waals surface area contributed by atoms with Crippen LogP contribution in [-0.4, -0.2) is 57.6 Å². The maximum Gasteiger partial charge on any atom is 0.407 e. The van der Waals surface area contributed by atoms with Crippen molar-refractivity contribution in [3.8, 4) is 6.07 Å². The molecule has 35 heavy (non-hydrogen) atoms. The standard InChI is InChI=1S/C24H29FN6O4/c25-17-1-3-18(4-2-17)28-23-20(22(27)32)13-31(29-23)21(5-8-26)16-6-9-30(24(33)34)19(12-16)11-15-7-10-35-14-15/h1-4,13,15-16,19,21H,5-7,9-12,14H2,(H2,27,32)(H,28,29)(H,33,34)/t15?,16?,19?,21-/m0/s1. The van der Waals surface area contributed by atoms with E-state index in [9.17, 15) is 24.3 Å². The molecule has 4 N–H and O–H groups in total. The molecule has 1 aromatic carbocycles. The number of primary amides is 1. The number of anilines is 2. The number of likely N-dealkylation sites (tertiary alicyclic amines) is 1. The number of piperidine rings is 1. The van der Waals surface area contributed by atoms with E-state index in [0.717, 1.165) is 6.42 Å². The molecule has 2 aliphatic rings. The predicted octanol–water partition coefficient (Wildman–Crippen LogP) is 3.50. The SMILES string of the molecule is N#CC[C@@H](C1CCN(C(=O)O)C(CC2CCOC2)C1)n1cc(C(N)=O)c(Nc2ccc(F)cc2)n1. The van der Waals surface area contributed by atoms with Crippen LogP contribution in [0.25, 0.3) is 0 Å². The minimum atomic E-state index is -0.940. The van der Waals surface area contributed by atoms with Crippen molar-refractivity contribution in [1.82, 2.24) is 14.7 Å². The molecule has 2 saturated heterocycles. The number of nitriles is 1. The first-order valence-electron chi connectivity index (χ1n) is 11.7. The molecule has 2 aliphatic heterocycles. The zero-order chi connectivity index (χ0) is 24.9. The summed E-state index contributed by atoms with van der Waals surface area (Å²) in [4.78, 5) is 25.5. The zero-order valence-corrected chi connectivity index (χ0v) is 19.3. The highest BCUT2D eigenvalue weighted by Crippen LogP contribution is 2.37. The van der Waals surface area contributed by atoms with Gasteiger partial charge < -0.3 is 25.8 Å². The van der Waals surface area contributed by atoms with Crippen molar-refractivity contribution in [2.24, 2.45) is 17.6 Å². The molecule has 0 aliphatic carbocycles. The second-order valence-corrected chi connectivity index (χ2v) is 9.18. The molecule has 0 radical (unpaired) electrons. The molecule has 0 bridgehead atoms. The van der Waals surface area contributed by atoms with E-state index >= 15 is 0 Å². The topological polar surface area (TPSA) is 146 Å². The number of halogens is 1. The number of nitrogens with zero attached hydrogens (tertiary/aromatic N) is 4. The van der Waals surface area contributed by atoms with Crippen LogP contribution in [0.1, 0.15) is 48.5 Å². The number of amides is 2. The van der Waals surface area contributed by atoms with Gasteiger partial charge in [0.05, 0.1) is 18.5 Å². The fourth-order valence-electron chi connectivity index (χ4n) is 5.13. The maximum atomic E-state index is 13.3. The Morgan fingerprint density at radius 3 is 2.74 bits per heavy atom. The summed E-state index contributed by atoms with van der Waals surface area (Å²) < 4.78 is 20.3. The van der Waals surface area contributed by atoms with Gasteiger partial charge in [0.15, 0.2) is 5.82 Å². The van der Waals surface area contributed by atoms with Crippen LogP contribution in [0.3, 0.4) is 0 Å². The van der Waals surface area contributed by atoms with Gasteiger partial charge in [-0.3, -0.25) is 9.48 Å². The monoisotopic (exact) mass is 484 g/mol. The fraction of sp³-hybridized carbons (Fsp3) is 0.500. The Kier molecular flexibility index (Phi) is 7.51. The van der Waals surface area contributed by atoms with Gasteiger partial charge in [-0.05, 0) is 61.8 Å². The van der Waals surface area contributed by atoms with Gasteiger partial charge in [-0.15, -0.1) is 0 Å². The summed E-state index contributed by atoms with van der Waals surface area (Å²) in [7, 11) is 0. The lowest BCUT2D eigenvalue weighted by atomic mass is 9.81. The van der Waals surface area contributed by atoms with Gasteiger partial charge in [0, 0.05) is 37.7 Å². The first-order chi connectivity index (χ1) is 16.9. The van der Waals surface area contributed by atoms with E-state index in [2.05, 4.69) is 16.5 Å². The van der Waals surface area contributed by atoms with Crippen LogP contribution in [0.5, 0.6) is 0 Å². The van der Waals surface area contributed by atoms with Crippen molar-refractivity contribution in [3.63, 3.8) is 0 Å². The molecule has 11 heteroatoms. The lowest BCUT2D eigenvalue weighted by molar-refractivity contribution is 0.0631. The minimum absolute atomic E-state index is 0.0168. The first-order valence-corrected chi connectivity index (χ1v) is 11.7. The smallest absolute Gasteiger partial charge is 0.407 e. The molecule has 3 heterocycles. The molecular formula is C24H29FN6O4. The third-order valence-corrected chi connectivity index (χ3v) is 6.92. The molecule has 186 valence electrons. The van der Waals surface area contributed by atoms with Crippen LogP contribution >= 0.6 is 0 Å². The molecule has 10 nitrogen and oxygen atoms in total. The van der Waals surface area contributed by atoms with E-state index in [4.69, 9.17) is 10.5 Å². The summed E-state index contributed by atoms with van der Waals surface area (Å²) in [5.74, 6) is -0.563. The highest BCUT2D eigenvalue weighted by molar-refractivity contribution is 5.98. The van der Waals surface area contributed by atoms with Crippen molar-refractivity contribution in [3.05, 3.63) is 41.8 Å². The lowest BCUT2D eigenvalue weighted by Gasteiger charge is -2.41. The van der Waals surface area contributed by atoms with Crippen LogP contribution in [0.15, 0.2) is 30.5 Å². The van der Waals surface area contributed by atoms with Crippen LogP contribution in [0, 0.1) is 29.0 Å². The highest BCUT2D eigenvalue weighted by atomic mass is 19.1. The summed E-state index contributed by atoms with van der Waals surface area (Å²) in [6.45, 7) is 1.69. The predicted molar refractivity (Wildman–Crippen MR) is 124 cm³/mol. The molecule has 2 aromatic rings. The average Bonchev–Trinajstić information content (AvgIpc) is 3.49. The molecule has 0 spiro atoms. The Labute approximate surface area is 202 Å². The summed E-state index contributed by atoms with van der Waals surface area (Å²) in [5.41, 5.74) is 6.27. The summed E-state index contributed by atoms with van der Waals surface area (Å²) in [6, 6.07) is 7.28. The summed E-state index contributed by atoms with van der Waals surface area (Å²) >= 11 is 0. The van der Waals surface area contributed by atoms with Crippen LogP contribution < -0.4 is 11.1 Å². The normalized spacial score (nSPS) is 23.0. The van der Waals surface area contributed by atoms with E-state index in [1.165, 1.54) is 35.4 Å². The molecule has 4 rings (SSSR count). The maximum absolute atomic E-state index is 13.3. The van der Waals surface area contributed by atoms with Gasteiger partial charge in [0.1, 0.15) is 11.4 Å². The number of nitrogens with one attached hydrogen (secondary N) is 1. The van der Waals surface area contributed by atoms with Gasteiger partial charge >= 0.3 is 6.09 Å². The molecule has 0 saturated carbocycles. The number of carboxylic acid groups (broad SMARTS) is 1. The van der Waals surface area contributed by atoms with Crippen molar-refractivity contribution in [2.75, 3.05) is 25.1 Å². The van der Waals surface area contributed by atoms with Crippen molar-refractivity contribution in [2.45, 2.75) is 44.2 Å². The quantitative estimate of drug-likeness (QED) is 0.519. The molecule has 1 aromatic heterocycles. The Morgan fingerprint density at radius 2 is 2.11 bits per heavy atom. The molecule has 4 atom stereocenters. The second-order valence-electron chi connectivity index (χ2n) is 9.18. The lowest BCUT2D eigenvalue weighted by Crippen LogP contribution is -2.47. The van der Waals surface area contributed by atoms with Gasteiger partial charge in [-0.2, -0.15) is 10.4 Å². The van der Waals surface area contributed by atoms with E-state index in [1.807, 2.05) is 0 Å². The molecular weight excluding hydrogens is 455 g/mol. The number of nitrogens with two attached hydrogens (primary N) is 1. The molecule has 3 unspecified atom stereocenters. The van der Waals surface area contributed by atoms with Gasteiger partial charge in [-0.25, -0.2) is 9.18 Å². The molecule has 2 amide bonds. The second kappa shape index (κ2) is 10.7. The van der Waals surface area contributed by atoms with E-state index in [-0.39, 0.29) is 35.8 Å². The van der Waals surface area contributed by atoms with Crippen LogP contribution in [-0.2, 0) is 4.74 Å². The summed E-state index contributed by atoms with van der Waals surface area (Å²) in [5, 5.41) is 26.8. The van der Waals surface area contributed by atoms with Crippen molar-refractivity contribution < 1.29 is 23.8 Å². The van der Waals surface area contributed by atoms with Crippen LogP contribution in [0.4, 0.5) is 20.7 Å². The van der Waals surface area contributed by atoms with Gasteiger partial charge in [0.2, 0.25) is 0 Å². The zero-order valence-electron chi connectivity index (χ0n) is 19.3. The Balaban J connectivity index is 1.58. The Morgan fingerprint density at radius 1 is 1.34 bits per heavy atom. The van der Waals surface area contributed by atoms with Gasteiger partial charge in [0.25, 0.3) is 5.91 Å². The Bertz CT molecular complexity index is 1090. The summed E-state index contributed by atoms with van der Waals surface area (Å²) in [6.07, 6.45) is 3.52. The third-order valence-electron chi connectivity index (χ3n) is 6.92. The number of aromatic nitrogens is 2. The highest BCUT2D eigenvalue weighted by Gasteiger charge is 2.38. The number of benzene rings is 1. The largest absolute Gasteiger partial charge is 0.465 e. The number of rotatable bonds is 8. The van der Waals surface area contributed by atoms with E-state index in [1.54, 1.807) is 4.68 Å². The number of ether oxygens (including phenoxy) is 1. The minimum Gasteiger partial charge on any atom is -0.465 e. The molecule has 2 fully saturated rings. The first kappa shape index (κ1) is 24.5. The number of carbonyl (C=O) groups is 2. The van der Waals surface area contributed by atoms with E-state index in [0.29, 0.717) is 50.6 Å². The average molecular weight is 485 g/mol. The van der Waals surface area contributed by atoms with Gasteiger partial charge in [-0.1, -0.05) is 0 Å².